The Hall–Kier alpha value is -0.815. The monoisotopic (exact) mass is 166 g/mol. The van der Waals surface area contributed by atoms with Crippen LogP contribution >= 0.6 is 9.12 Å². The van der Waals surface area contributed by atoms with E-state index >= 15 is 0 Å². The van der Waals surface area contributed by atoms with E-state index in [1.807, 2.05) is 18.2 Å². The van der Waals surface area contributed by atoms with Gasteiger partial charge in [-0.25, -0.2) is 0 Å². The van der Waals surface area contributed by atoms with Crippen LogP contribution in [-0.2, 0) is 0 Å². The summed E-state index contributed by atoms with van der Waals surface area (Å²) in [5.41, 5.74) is 0.810. The molecule has 4 heteroatoms. The normalized spacial score (nSPS) is 9.18. The summed E-state index contributed by atoms with van der Waals surface area (Å²) < 4.78 is 0. The highest BCUT2D eigenvalue weighted by atomic mass is 31.0. The van der Waals surface area contributed by atoms with Crippen molar-refractivity contribution in [2.75, 3.05) is 0 Å². The van der Waals surface area contributed by atoms with Crippen LogP contribution in [0.1, 0.15) is 0 Å². The van der Waals surface area contributed by atoms with Crippen LogP contribution in [0.3, 0.4) is 0 Å². The molecule has 0 fully saturated rings. The van der Waals surface area contributed by atoms with E-state index in [9.17, 15) is 4.79 Å². The molecular formula is C7H8BO2P. The fourth-order valence-electron chi connectivity index (χ4n) is 0.803. The van der Waals surface area contributed by atoms with Crippen molar-refractivity contribution in [2.45, 2.75) is 0 Å². The minimum absolute atomic E-state index is 0.490. The lowest BCUT2D eigenvalue weighted by Crippen LogP contribution is -2.31. The predicted octanol–water partition coefficient (Wildman–Crippen LogP) is 1.02. The molecular weight excluding hydrogens is 158 g/mol. The third kappa shape index (κ3) is 2.06. The standard InChI is InChI=1S/C7H8BO2P/c9-7(10)8(11)6-4-2-1-3-5-6/h1-5H,11H2,(H,9,10). The maximum atomic E-state index is 10.5. The Kier molecular flexibility index (Phi) is 2.67. The maximum absolute atomic E-state index is 10.5. The van der Waals surface area contributed by atoms with Crippen LogP contribution < -0.4 is 5.46 Å². The van der Waals surface area contributed by atoms with Gasteiger partial charge >= 0.3 is 6.43 Å². The third-order valence-corrected chi connectivity index (χ3v) is 2.09. The van der Waals surface area contributed by atoms with Gasteiger partial charge in [-0.15, -0.1) is 0 Å². The largest absolute Gasteiger partial charge is 0.489 e. The summed E-state index contributed by atoms with van der Waals surface area (Å²) in [7, 11) is 2.29. The number of carbonyl (C=O) groups is 1. The summed E-state index contributed by atoms with van der Waals surface area (Å²) in [6.45, 7) is 0. The maximum Gasteiger partial charge on any atom is 0.331 e. The van der Waals surface area contributed by atoms with Gasteiger partial charge in [0.1, 0.15) is 0 Å². The first-order valence-corrected chi connectivity index (χ1v) is 3.92. The Bertz CT molecular complexity index is 250. The molecule has 0 spiro atoms. The molecule has 0 aliphatic carbocycles. The van der Waals surface area contributed by atoms with Crippen molar-refractivity contribution < 1.29 is 9.90 Å². The van der Waals surface area contributed by atoms with Crippen LogP contribution in [0.5, 0.6) is 0 Å². The lowest BCUT2D eigenvalue weighted by molar-refractivity contribution is 0.220. The zero-order valence-electron chi connectivity index (χ0n) is 5.90. The molecule has 1 N–H and O–H groups in total. The molecule has 2 nitrogen and oxygen atoms in total. The summed E-state index contributed by atoms with van der Waals surface area (Å²) in [5.74, 6) is -0.818. The number of benzene rings is 1. The molecule has 0 heterocycles. The Labute approximate surface area is 67.9 Å². The fourth-order valence-corrected chi connectivity index (χ4v) is 1.03. The first-order valence-electron chi connectivity index (χ1n) is 3.25. The van der Waals surface area contributed by atoms with Crippen molar-refractivity contribution in [3.05, 3.63) is 30.3 Å². The zero-order chi connectivity index (χ0) is 8.27. The van der Waals surface area contributed by atoms with Gasteiger partial charge in [0, 0.05) is 0 Å². The highest BCUT2D eigenvalue weighted by Crippen LogP contribution is 1.96. The quantitative estimate of drug-likeness (QED) is 0.525. The summed E-state index contributed by atoms with van der Waals surface area (Å²) in [4.78, 5) is 10.5. The van der Waals surface area contributed by atoms with Crippen LogP contribution in [0, 0.1) is 0 Å². The number of hydrogen-bond donors (Lipinski definition) is 1. The van der Waals surface area contributed by atoms with Gasteiger partial charge < -0.3 is 5.11 Å². The molecule has 0 saturated carbocycles. The van der Waals surface area contributed by atoms with Gasteiger partial charge in [-0.3, -0.25) is 4.79 Å². The fraction of sp³-hybridized carbons (Fsp3) is 0. The summed E-state index contributed by atoms with van der Waals surface area (Å²) in [5, 5.41) is 8.61. The molecule has 0 radical (unpaired) electrons. The Morgan fingerprint density at radius 3 is 2.36 bits per heavy atom. The van der Waals surface area contributed by atoms with E-state index in [2.05, 4.69) is 9.12 Å². The molecule has 0 aromatic heterocycles. The van der Waals surface area contributed by atoms with E-state index in [0.717, 1.165) is 5.46 Å². The van der Waals surface area contributed by atoms with Gasteiger partial charge in [0.15, 0.2) is 0 Å². The van der Waals surface area contributed by atoms with Gasteiger partial charge in [0.05, 0.1) is 0 Å². The van der Waals surface area contributed by atoms with Crippen molar-refractivity contribution in [2.24, 2.45) is 0 Å². The molecule has 1 aromatic carbocycles. The summed E-state index contributed by atoms with van der Waals surface area (Å²) in [6, 6.07) is 9.12. The number of carboxylic acid groups (broad SMARTS) is 1. The van der Waals surface area contributed by atoms with Gasteiger partial charge in [-0.2, -0.15) is 9.12 Å². The van der Waals surface area contributed by atoms with Gasteiger partial charge in [-0.05, 0) is 0 Å². The molecule has 1 aromatic rings. The predicted molar refractivity (Wildman–Crippen MR) is 49.6 cm³/mol. The third-order valence-electron chi connectivity index (χ3n) is 1.42. The highest BCUT2D eigenvalue weighted by molar-refractivity contribution is 7.71. The van der Waals surface area contributed by atoms with Gasteiger partial charge in [0.25, 0.3) is 5.87 Å². The molecule has 11 heavy (non-hydrogen) atoms. The van der Waals surface area contributed by atoms with Crippen LogP contribution in [-0.4, -0.2) is 17.4 Å². The molecule has 0 saturated heterocycles. The summed E-state index contributed by atoms with van der Waals surface area (Å²) >= 11 is 0. The lowest BCUT2D eigenvalue weighted by Gasteiger charge is -2.00. The van der Waals surface area contributed by atoms with Crippen LogP contribution in [0.25, 0.3) is 0 Å². The van der Waals surface area contributed by atoms with Crippen molar-refractivity contribution in [1.29, 1.82) is 0 Å². The Morgan fingerprint density at radius 1 is 1.36 bits per heavy atom. The zero-order valence-corrected chi connectivity index (χ0v) is 7.05. The van der Waals surface area contributed by atoms with E-state index in [-0.39, 0.29) is 0 Å². The van der Waals surface area contributed by atoms with E-state index < -0.39 is 12.3 Å². The number of rotatable bonds is 2. The van der Waals surface area contributed by atoms with Gasteiger partial charge in [0.2, 0.25) is 0 Å². The minimum atomic E-state index is -0.818. The van der Waals surface area contributed by atoms with Gasteiger partial charge in [-0.1, -0.05) is 35.8 Å². The molecule has 56 valence electrons. The molecule has 1 atom stereocenters. The topological polar surface area (TPSA) is 37.3 Å². The molecule has 0 bridgehead atoms. The van der Waals surface area contributed by atoms with Crippen molar-refractivity contribution in [3.63, 3.8) is 0 Å². The van der Waals surface area contributed by atoms with Crippen molar-refractivity contribution >= 4 is 26.9 Å². The first-order chi connectivity index (χ1) is 5.22. The van der Waals surface area contributed by atoms with Crippen LogP contribution in [0.15, 0.2) is 30.3 Å². The molecule has 0 aliphatic heterocycles. The Morgan fingerprint density at radius 2 is 1.91 bits per heavy atom. The molecule has 0 amide bonds. The molecule has 1 rings (SSSR count). The van der Waals surface area contributed by atoms with Crippen molar-refractivity contribution in [3.8, 4) is 0 Å². The molecule has 0 aliphatic rings. The second-order valence-electron chi connectivity index (χ2n) is 2.23. The van der Waals surface area contributed by atoms with Crippen molar-refractivity contribution in [1.82, 2.24) is 0 Å². The second kappa shape index (κ2) is 3.54. The van der Waals surface area contributed by atoms with E-state index in [0.29, 0.717) is 0 Å². The van der Waals surface area contributed by atoms with E-state index in [4.69, 9.17) is 5.11 Å². The average Bonchev–Trinajstić information content (AvgIpc) is 2.05. The minimum Gasteiger partial charge on any atom is -0.489 e. The smallest absolute Gasteiger partial charge is 0.331 e. The average molecular weight is 166 g/mol. The molecule has 1 unspecified atom stereocenters. The number of hydrogen-bond acceptors (Lipinski definition) is 1. The SMILES string of the molecule is O=C(O)B(P)c1ccccc1. The highest BCUT2D eigenvalue weighted by Gasteiger charge is 2.18. The summed E-state index contributed by atoms with van der Waals surface area (Å²) in [6.07, 6.45) is -0.490. The van der Waals surface area contributed by atoms with Crippen LogP contribution in [0.4, 0.5) is 4.79 Å². The lowest BCUT2D eigenvalue weighted by atomic mass is 9.68. The first kappa shape index (κ1) is 8.28. The van der Waals surface area contributed by atoms with Crippen LogP contribution in [0.2, 0.25) is 0 Å². The Balaban J connectivity index is 2.85. The van der Waals surface area contributed by atoms with E-state index in [1.54, 1.807) is 12.1 Å². The van der Waals surface area contributed by atoms with E-state index in [1.165, 1.54) is 0 Å². The second-order valence-corrected chi connectivity index (χ2v) is 2.89.